The molecular formula is C22H20N4O2. The molecule has 0 saturated heterocycles. The van der Waals surface area contributed by atoms with Crippen LogP contribution in [0.2, 0.25) is 0 Å². The van der Waals surface area contributed by atoms with Crippen molar-refractivity contribution >= 4 is 22.3 Å². The number of fused-ring (bicyclic) bond motifs is 1. The summed E-state index contributed by atoms with van der Waals surface area (Å²) in [7, 11) is 2.04. The first-order chi connectivity index (χ1) is 13.6. The van der Waals surface area contributed by atoms with E-state index in [-0.39, 0.29) is 11.9 Å². The molecule has 28 heavy (non-hydrogen) atoms. The Labute approximate surface area is 163 Å². The molecular weight excluding hydrogens is 352 g/mol. The highest BCUT2D eigenvalue weighted by Gasteiger charge is 2.08. The predicted molar refractivity (Wildman–Crippen MR) is 109 cm³/mol. The Balaban J connectivity index is 1.46. The Morgan fingerprint density at radius 3 is 2.61 bits per heavy atom. The van der Waals surface area contributed by atoms with Crippen LogP contribution in [0.3, 0.4) is 0 Å². The first-order valence-corrected chi connectivity index (χ1v) is 8.93. The molecule has 0 saturated carbocycles. The van der Waals surface area contributed by atoms with Crippen LogP contribution in [0.4, 0.5) is 11.4 Å². The lowest BCUT2D eigenvalue weighted by Crippen LogP contribution is -2.09. The highest BCUT2D eigenvalue weighted by atomic mass is 16.5. The Hall–Kier alpha value is -3.67. The summed E-state index contributed by atoms with van der Waals surface area (Å²) < 4.78 is 5.66. The van der Waals surface area contributed by atoms with E-state index in [1.807, 2.05) is 31.3 Å². The summed E-state index contributed by atoms with van der Waals surface area (Å²) in [5.41, 5.74) is 4.97. The van der Waals surface area contributed by atoms with E-state index in [9.17, 15) is 5.11 Å². The molecule has 6 heteroatoms. The third-order valence-corrected chi connectivity index (χ3v) is 4.54. The predicted octanol–water partition coefficient (Wildman–Crippen LogP) is 4.39. The van der Waals surface area contributed by atoms with Gasteiger partial charge in [0.1, 0.15) is 6.61 Å². The topological polar surface area (TPSA) is 71.4 Å². The number of rotatable bonds is 5. The van der Waals surface area contributed by atoms with Crippen molar-refractivity contribution < 1.29 is 9.84 Å². The molecule has 6 nitrogen and oxygen atoms in total. The van der Waals surface area contributed by atoms with Crippen molar-refractivity contribution in [1.29, 1.82) is 0 Å². The number of hydrogen-bond acceptors (Lipinski definition) is 6. The van der Waals surface area contributed by atoms with Crippen LogP contribution in [0.5, 0.6) is 11.9 Å². The fraction of sp³-hybridized carbons (Fsp3) is 0.136. The second-order valence-corrected chi connectivity index (χ2v) is 6.58. The lowest BCUT2D eigenvalue weighted by Gasteiger charge is -2.20. The van der Waals surface area contributed by atoms with Crippen molar-refractivity contribution in [1.82, 2.24) is 15.0 Å². The second-order valence-electron chi connectivity index (χ2n) is 6.58. The van der Waals surface area contributed by atoms with Gasteiger partial charge in [-0.2, -0.15) is 9.97 Å². The van der Waals surface area contributed by atoms with Gasteiger partial charge in [0.05, 0.1) is 17.1 Å². The number of aryl methyl sites for hydroxylation is 1. The van der Waals surface area contributed by atoms with Gasteiger partial charge in [-0.05, 0) is 48.4 Å². The number of aromatic nitrogens is 3. The fourth-order valence-electron chi connectivity index (χ4n) is 2.96. The Kier molecular flexibility index (Phi) is 4.76. The molecule has 0 aliphatic rings. The van der Waals surface area contributed by atoms with Gasteiger partial charge in [-0.1, -0.05) is 24.3 Å². The van der Waals surface area contributed by atoms with E-state index < -0.39 is 0 Å². The van der Waals surface area contributed by atoms with Crippen LogP contribution in [-0.4, -0.2) is 27.1 Å². The maximum absolute atomic E-state index is 10.0. The largest absolute Gasteiger partial charge is 0.493 e. The van der Waals surface area contributed by atoms with Crippen LogP contribution in [0.1, 0.15) is 11.1 Å². The molecule has 2 aromatic carbocycles. The number of nitrogens with zero attached hydrogens (tertiary/aromatic N) is 4. The quantitative estimate of drug-likeness (QED) is 0.560. The highest BCUT2D eigenvalue weighted by Crippen LogP contribution is 2.25. The molecule has 0 atom stereocenters. The van der Waals surface area contributed by atoms with Gasteiger partial charge in [0.25, 0.3) is 0 Å². The van der Waals surface area contributed by atoms with Gasteiger partial charge in [-0.15, -0.1) is 0 Å². The van der Waals surface area contributed by atoms with Crippen molar-refractivity contribution in [3.8, 4) is 11.9 Å². The molecule has 0 unspecified atom stereocenters. The van der Waals surface area contributed by atoms with E-state index >= 15 is 0 Å². The fourth-order valence-corrected chi connectivity index (χ4v) is 2.96. The van der Waals surface area contributed by atoms with Crippen LogP contribution in [0, 0.1) is 6.92 Å². The molecule has 0 amide bonds. The summed E-state index contributed by atoms with van der Waals surface area (Å²) in [5.74, 6) is -0.113. The molecule has 0 fully saturated rings. The summed E-state index contributed by atoms with van der Waals surface area (Å²) in [6.45, 7) is 2.39. The van der Waals surface area contributed by atoms with Crippen LogP contribution in [0.15, 0.2) is 67.0 Å². The van der Waals surface area contributed by atoms with Gasteiger partial charge in [0.2, 0.25) is 5.88 Å². The first kappa shape index (κ1) is 17.7. The number of aromatic hydroxyl groups is 1. The zero-order chi connectivity index (χ0) is 19.5. The minimum Gasteiger partial charge on any atom is -0.493 e. The molecule has 0 aliphatic heterocycles. The maximum atomic E-state index is 10.0. The standard InChI is InChI=1S/C22H20N4O2/c1-15-4-3-5-18(12-15)26(2)17-8-6-16(7-9-17)14-28-22-24-20-13-23-11-10-19(20)21(27)25-22/h3-13H,14H2,1-2H3,(H,24,25,27). The SMILES string of the molecule is Cc1cccc(N(C)c2ccc(COc3nc(O)c4ccncc4n3)cc2)c1. The van der Waals surface area contributed by atoms with Gasteiger partial charge in [-0.25, -0.2) is 0 Å². The molecule has 0 aliphatic carbocycles. The van der Waals surface area contributed by atoms with Gasteiger partial charge in [-0.3, -0.25) is 4.98 Å². The van der Waals surface area contributed by atoms with Gasteiger partial charge >= 0.3 is 6.01 Å². The van der Waals surface area contributed by atoms with Crippen molar-refractivity contribution in [2.75, 3.05) is 11.9 Å². The number of anilines is 2. The molecule has 4 aromatic rings. The van der Waals surface area contributed by atoms with E-state index in [1.165, 1.54) is 5.56 Å². The summed E-state index contributed by atoms with van der Waals surface area (Å²) in [5, 5.41) is 10.6. The van der Waals surface area contributed by atoms with Gasteiger partial charge in [0.15, 0.2) is 0 Å². The van der Waals surface area contributed by atoms with Crippen LogP contribution in [0.25, 0.3) is 10.9 Å². The third kappa shape index (κ3) is 3.71. The van der Waals surface area contributed by atoms with Crippen molar-refractivity contribution in [3.63, 3.8) is 0 Å². The van der Waals surface area contributed by atoms with Crippen LogP contribution < -0.4 is 9.64 Å². The maximum Gasteiger partial charge on any atom is 0.320 e. The highest BCUT2D eigenvalue weighted by molar-refractivity contribution is 5.82. The molecule has 4 rings (SSSR count). The Morgan fingerprint density at radius 1 is 1.00 bits per heavy atom. The smallest absolute Gasteiger partial charge is 0.320 e. The number of hydrogen-bond donors (Lipinski definition) is 1. The second kappa shape index (κ2) is 7.52. The monoisotopic (exact) mass is 372 g/mol. The molecule has 0 bridgehead atoms. The molecule has 2 aromatic heterocycles. The van der Waals surface area contributed by atoms with E-state index in [0.29, 0.717) is 17.5 Å². The average molecular weight is 372 g/mol. The summed E-state index contributed by atoms with van der Waals surface area (Å²) in [4.78, 5) is 14.4. The number of ether oxygens (including phenoxy) is 1. The Morgan fingerprint density at radius 2 is 1.82 bits per heavy atom. The Bertz CT molecular complexity index is 1110. The summed E-state index contributed by atoms with van der Waals surface area (Å²) in [6, 6.07) is 18.3. The normalized spacial score (nSPS) is 10.8. The minimum absolute atomic E-state index is 0.113. The molecule has 0 radical (unpaired) electrons. The van der Waals surface area contributed by atoms with Crippen molar-refractivity contribution in [3.05, 3.63) is 78.1 Å². The molecule has 1 N–H and O–H groups in total. The molecule has 140 valence electrons. The zero-order valence-electron chi connectivity index (χ0n) is 15.7. The van der Waals surface area contributed by atoms with Gasteiger partial charge < -0.3 is 14.7 Å². The lowest BCUT2D eigenvalue weighted by atomic mass is 10.1. The van der Waals surface area contributed by atoms with Crippen LogP contribution >= 0.6 is 0 Å². The van der Waals surface area contributed by atoms with Crippen molar-refractivity contribution in [2.45, 2.75) is 13.5 Å². The number of pyridine rings is 1. The van der Waals surface area contributed by atoms with E-state index in [1.54, 1.807) is 18.5 Å². The minimum atomic E-state index is -0.113. The van der Waals surface area contributed by atoms with E-state index in [0.717, 1.165) is 16.9 Å². The average Bonchev–Trinajstić information content (AvgIpc) is 2.72. The van der Waals surface area contributed by atoms with Gasteiger partial charge in [0, 0.05) is 24.6 Å². The molecule has 0 spiro atoms. The van der Waals surface area contributed by atoms with E-state index in [2.05, 4.69) is 51.0 Å². The lowest BCUT2D eigenvalue weighted by molar-refractivity contribution is 0.277. The first-order valence-electron chi connectivity index (χ1n) is 8.93. The third-order valence-electron chi connectivity index (χ3n) is 4.54. The molecule has 2 heterocycles. The van der Waals surface area contributed by atoms with E-state index in [4.69, 9.17) is 4.74 Å². The number of benzene rings is 2. The van der Waals surface area contributed by atoms with Crippen LogP contribution in [-0.2, 0) is 6.61 Å². The summed E-state index contributed by atoms with van der Waals surface area (Å²) >= 11 is 0. The summed E-state index contributed by atoms with van der Waals surface area (Å²) in [6.07, 6.45) is 3.15. The zero-order valence-corrected chi connectivity index (χ0v) is 15.7. The van der Waals surface area contributed by atoms with Crippen molar-refractivity contribution in [2.24, 2.45) is 0 Å².